The number of hydrogen-bond acceptors (Lipinski definition) is 7. The van der Waals surface area contributed by atoms with Gasteiger partial charge in [-0.15, -0.1) is 0 Å². The molecule has 0 unspecified atom stereocenters. The van der Waals surface area contributed by atoms with E-state index in [0.29, 0.717) is 45.1 Å². The highest BCUT2D eigenvalue weighted by atomic mass is 127. The Morgan fingerprint density at radius 2 is 2.07 bits per heavy atom. The van der Waals surface area contributed by atoms with Crippen molar-refractivity contribution in [3.63, 3.8) is 0 Å². The number of carboxylic acid groups (broad SMARTS) is 1. The molecule has 1 fully saturated rings. The van der Waals surface area contributed by atoms with E-state index < -0.39 is 12.6 Å². The summed E-state index contributed by atoms with van der Waals surface area (Å²) in [6.07, 6.45) is 2.18. The van der Waals surface area contributed by atoms with E-state index in [9.17, 15) is 14.4 Å². The Hall–Kier alpha value is -1.79. The summed E-state index contributed by atoms with van der Waals surface area (Å²) in [7, 11) is 3.00. The van der Waals surface area contributed by atoms with E-state index in [1.54, 1.807) is 25.3 Å². The first-order valence-corrected chi connectivity index (χ1v) is 9.73. The van der Waals surface area contributed by atoms with Crippen LogP contribution >= 0.6 is 34.4 Å². The average molecular weight is 507 g/mol. The highest BCUT2D eigenvalue weighted by Gasteiger charge is 2.34. The van der Waals surface area contributed by atoms with Crippen LogP contribution in [0.5, 0.6) is 11.5 Å². The monoisotopic (exact) mass is 507 g/mol. The average Bonchev–Trinajstić information content (AvgIpc) is 2.87. The van der Waals surface area contributed by atoms with Crippen LogP contribution in [0, 0.1) is 3.57 Å². The van der Waals surface area contributed by atoms with E-state index >= 15 is 0 Å². The topological polar surface area (TPSA) is 102 Å². The van der Waals surface area contributed by atoms with Crippen molar-refractivity contribution in [2.24, 2.45) is 0 Å². The SMILES string of the molecule is COCCCN1C(=O)S/C(=C/c2cc(I)c(OCC(=O)O)c(OC)c2)C1=O. The number of halogens is 1. The highest BCUT2D eigenvalue weighted by molar-refractivity contribution is 14.1. The number of methoxy groups -OCH3 is 2. The molecule has 1 aromatic rings. The van der Waals surface area contributed by atoms with Gasteiger partial charge in [0.2, 0.25) is 0 Å². The zero-order valence-electron chi connectivity index (χ0n) is 14.7. The van der Waals surface area contributed by atoms with Crippen LogP contribution in [-0.4, -0.2) is 61.1 Å². The number of imide groups is 1. The number of rotatable bonds is 9. The predicted octanol–water partition coefficient (Wildman–Crippen LogP) is 2.84. The zero-order valence-corrected chi connectivity index (χ0v) is 17.7. The third-order valence-electron chi connectivity index (χ3n) is 3.49. The molecule has 146 valence electrons. The van der Waals surface area contributed by atoms with Gasteiger partial charge in [-0.3, -0.25) is 14.5 Å². The number of thioether (sulfide) groups is 1. The molecule has 8 nitrogen and oxygen atoms in total. The molecule has 27 heavy (non-hydrogen) atoms. The molecule has 2 amide bonds. The van der Waals surface area contributed by atoms with Crippen LogP contribution in [0.4, 0.5) is 4.79 Å². The van der Waals surface area contributed by atoms with Gasteiger partial charge in [-0.2, -0.15) is 0 Å². The molecule has 2 rings (SSSR count). The van der Waals surface area contributed by atoms with Crippen molar-refractivity contribution in [1.82, 2.24) is 4.90 Å². The molecule has 1 aliphatic heterocycles. The summed E-state index contributed by atoms with van der Waals surface area (Å²) in [5, 5.41) is 8.45. The molecule has 1 saturated heterocycles. The summed E-state index contributed by atoms with van der Waals surface area (Å²) in [6.45, 7) is 0.277. The van der Waals surface area contributed by atoms with Crippen molar-refractivity contribution >= 4 is 57.5 Å². The maximum atomic E-state index is 12.5. The lowest BCUT2D eigenvalue weighted by Crippen LogP contribution is -2.29. The minimum atomic E-state index is -1.10. The van der Waals surface area contributed by atoms with E-state index in [1.165, 1.54) is 12.0 Å². The summed E-state index contributed by atoms with van der Waals surface area (Å²) in [6, 6.07) is 3.34. The fraction of sp³-hybridized carbons (Fsp3) is 0.353. The fourth-order valence-corrected chi connectivity index (χ4v) is 3.95. The molecule has 0 aromatic heterocycles. The van der Waals surface area contributed by atoms with Crippen LogP contribution in [-0.2, 0) is 14.3 Å². The summed E-state index contributed by atoms with van der Waals surface area (Å²) in [4.78, 5) is 36.7. The molecule has 1 heterocycles. The summed E-state index contributed by atoms with van der Waals surface area (Å²) in [5.41, 5.74) is 0.640. The van der Waals surface area contributed by atoms with Crippen LogP contribution < -0.4 is 9.47 Å². The summed E-state index contributed by atoms with van der Waals surface area (Å²) < 4.78 is 16.1. The maximum absolute atomic E-state index is 12.5. The van der Waals surface area contributed by atoms with Gasteiger partial charge in [-0.25, -0.2) is 4.79 Å². The molecule has 0 bridgehead atoms. The predicted molar refractivity (Wildman–Crippen MR) is 108 cm³/mol. The Balaban J connectivity index is 2.23. The molecule has 0 aliphatic carbocycles. The van der Waals surface area contributed by atoms with E-state index in [-0.39, 0.29) is 11.1 Å². The molecule has 10 heteroatoms. The van der Waals surface area contributed by atoms with Crippen molar-refractivity contribution in [1.29, 1.82) is 0 Å². The standard InChI is InChI=1S/C17H18INO7S/c1-24-5-3-4-19-16(22)13(27-17(19)23)8-10-6-11(18)15(12(7-10)25-2)26-9-14(20)21/h6-8H,3-5,9H2,1-2H3,(H,20,21)/b13-8+. The first-order chi connectivity index (χ1) is 12.9. The molecule has 0 atom stereocenters. The first kappa shape index (κ1) is 21.5. The van der Waals surface area contributed by atoms with E-state index in [1.807, 2.05) is 22.6 Å². The maximum Gasteiger partial charge on any atom is 0.341 e. The number of aliphatic carboxylic acids is 1. The number of carboxylic acids is 1. The van der Waals surface area contributed by atoms with Crippen LogP contribution in [0.15, 0.2) is 17.0 Å². The molecule has 0 spiro atoms. The molecular formula is C17H18INO7S. The van der Waals surface area contributed by atoms with Crippen LogP contribution in [0.3, 0.4) is 0 Å². The normalized spacial score (nSPS) is 15.5. The Kier molecular flexibility index (Phi) is 7.92. The quantitative estimate of drug-likeness (QED) is 0.310. The second-order valence-corrected chi connectivity index (χ2v) is 7.55. The summed E-state index contributed by atoms with van der Waals surface area (Å²) >= 11 is 2.87. The van der Waals surface area contributed by atoms with Gasteiger partial charge in [0.05, 0.1) is 15.6 Å². The number of nitrogens with zero attached hydrogens (tertiary/aromatic N) is 1. The van der Waals surface area contributed by atoms with Gasteiger partial charge in [-0.05, 0) is 64.5 Å². The van der Waals surface area contributed by atoms with Crippen molar-refractivity contribution < 1.29 is 33.7 Å². The van der Waals surface area contributed by atoms with Crippen molar-refractivity contribution in [3.05, 3.63) is 26.2 Å². The van der Waals surface area contributed by atoms with Gasteiger partial charge >= 0.3 is 5.97 Å². The number of carbonyl (C=O) groups excluding carboxylic acids is 2. The van der Waals surface area contributed by atoms with E-state index in [4.69, 9.17) is 19.3 Å². The van der Waals surface area contributed by atoms with Crippen molar-refractivity contribution in [2.75, 3.05) is 34.0 Å². The summed E-state index contributed by atoms with van der Waals surface area (Å²) in [5.74, 6) is -0.792. The minimum absolute atomic E-state index is 0.304. The van der Waals surface area contributed by atoms with Gasteiger partial charge in [0.15, 0.2) is 18.1 Å². The fourth-order valence-electron chi connectivity index (χ4n) is 2.31. The lowest BCUT2D eigenvalue weighted by Gasteiger charge is -2.12. The third-order valence-corrected chi connectivity index (χ3v) is 5.20. The van der Waals surface area contributed by atoms with Gasteiger partial charge in [0, 0.05) is 20.3 Å². The van der Waals surface area contributed by atoms with Gasteiger partial charge in [-0.1, -0.05) is 0 Å². The largest absolute Gasteiger partial charge is 0.493 e. The molecule has 0 radical (unpaired) electrons. The smallest absolute Gasteiger partial charge is 0.341 e. The number of amides is 2. The third kappa shape index (κ3) is 5.59. The van der Waals surface area contributed by atoms with Crippen LogP contribution in [0.25, 0.3) is 6.08 Å². The molecule has 1 N–H and O–H groups in total. The molecule has 1 aromatic carbocycles. The molecule has 1 aliphatic rings. The highest BCUT2D eigenvalue weighted by Crippen LogP contribution is 2.37. The Bertz CT molecular complexity index is 781. The van der Waals surface area contributed by atoms with Crippen LogP contribution in [0.2, 0.25) is 0 Å². The Morgan fingerprint density at radius 3 is 2.70 bits per heavy atom. The first-order valence-electron chi connectivity index (χ1n) is 7.83. The number of benzene rings is 1. The van der Waals surface area contributed by atoms with Crippen LogP contribution in [0.1, 0.15) is 12.0 Å². The molecular weight excluding hydrogens is 489 g/mol. The number of hydrogen-bond donors (Lipinski definition) is 1. The second kappa shape index (κ2) is 9.95. The second-order valence-electron chi connectivity index (χ2n) is 5.40. The van der Waals surface area contributed by atoms with Crippen molar-refractivity contribution in [3.8, 4) is 11.5 Å². The van der Waals surface area contributed by atoms with E-state index in [0.717, 1.165) is 11.8 Å². The Morgan fingerprint density at radius 1 is 1.33 bits per heavy atom. The lowest BCUT2D eigenvalue weighted by molar-refractivity contribution is -0.139. The van der Waals surface area contributed by atoms with Crippen molar-refractivity contribution in [2.45, 2.75) is 6.42 Å². The van der Waals surface area contributed by atoms with Gasteiger partial charge < -0.3 is 19.3 Å². The lowest BCUT2D eigenvalue weighted by atomic mass is 10.2. The molecule has 0 saturated carbocycles. The van der Waals surface area contributed by atoms with E-state index in [2.05, 4.69) is 0 Å². The van der Waals surface area contributed by atoms with Gasteiger partial charge in [0.25, 0.3) is 11.1 Å². The number of carbonyl (C=O) groups is 3. The van der Waals surface area contributed by atoms with Gasteiger partial charge in [0.1, 0.15) is 0 Å². The number of ether oxygens (including phenoxy) is 3. The Labute approximate surface area is 174 Å². The zero-order chi connectivity index (χ0) is 20.0. The minimum Gasteiger partial charge on any atom is -0.493 e.